The smallest absolute Gasteiger partial charge is 0.459 e. The Bertz CT molecular complexity index is 3310. The third kappa shape index (κ3) is 16.0. The molecule has 11 N–H and O–H groups in total. The molecule has 0 saturated carbocycles. The molecular formula is C57H84N12O17P2. The Morgan fingerprint density at radius 1 is 0.727 bits per heavy atom. The summed E-state index contributed by atoms with van der Waals surface area (Å²) in [6.07, 6.45) is -4.22. The van der Waals surface area contributed by atoms with Crippen molar-refractivity contribution >= 4 is 56.0 Å². The van der Waals surface area contributed by atoms with E-state index in [0.717, 1.165) is 25.7 Å². The van der Waals surface area contributed by atoms with Gasteiger partial charge in [-0.3, -0.25) is 23.5 Å². The molecule has 5 aromatic rings. The lowest BCUT2D eigenvalue weighted by Crippen LogP contribution is -2.46. The molecule has 0 aliphatic carbocycles. The Balaban J connectivity index is 1.00. The van der Waals surface area contributed by atoms with Gasteiger partial charge in [0.15, 0.2) is 17.5 Å². The van der Waals surface area contributed by atoms with Crippen molar-refractivity contribution in [3.8, 4) is 11.8 Å². The van der Waals surface area contributed by atoms with Gasteiger partial charge < -0.3 is 64.6 Å². The van der Waals surface area contributed by atoms with Crippen molar-refractivity contribution in [1.82, 2.24) is 44.5 Å². The monoisotopic (exact) mass is 1270 g/mol. The summed E-state index contributed by atoms with van der Waals surface area (Å²) in [7, 11) is -9.07. The lowest BCUT2D eigenvalue weighted by molar-refractivity contribution is -0.147. The number of aliphatic hydroxyl groups excluding tert-OH is 4. The molecule has 88 heavy (non-hydrogen) atoms. The summed E-state index contributed by atoms with van der Waals surface area (Å²) in [5.41, 5.74) is 9.77. The minimum Gasteiger partial charge on any atom is -0.464 e. The topological polar surface area (TPSA) is 412 Å². The summed E-state index contributed by atoms with van der Waals surface area (Å²) in [6.45, 7) is 14.1. The fraction of sp³-hybridized carbons (Fsp3) is 0.614. The van der Waals surface area contributed by atoms with Gasteiger partial charge in [0.2, 0.25) is 5.60 Å². The van der Waals surface area contributed by atoms with Gasteiger partial charge in [-0.25, -0.2) is 33.7 Å². The van der Waals surface area contributed by atoms with Crippen LogP contribution in [0.25, 0.3) is 11.0 Å². The number of rotatable bonds is 33. The Hall–Kier alpha value is -6.22. The molecule has 484 valence electrons. The number of carbonyl (C=O) groups excluding carboxylic acids is 3. The predicted molar refractivity (Wildman–Crippen MR) is 318 cm³/mol. The average molecular weight is 1270 g/mol. The Morgan fingerprint density at radius 3 is 1.86 bits per heavy atom. The highest BCUT2D eigenvalue weighted by molar-refractivity contribution is 7.54. The van der Waals surface area contributed by atoms with Crippen LogP contribution in [0, 0.1) is 29.1 Å². The van der Waals surface area contributed by atoms with E-state index in [1.54, 1.807) is 36.4 Å². The average Bonchev–Trinajstić information content (AvgIpc) is 1.66. The summed E-state index contributed by atoms with van der Waals surface area (Å²) in [5, 5.41) is 73.1. The maximum Gasteiger partial charge on any atom is 0.459 e. The van der Waals surface area contributed by atoms with Gasteiger partial charge in [-0.05, 0) is 88.3 Å². The van der Waals surface area contributed by atoms with Gasteiger partial charge in [0, 0.05) is 6.42 Å². The third-order valence-electron chi connectivity index (χ3n) is 16.2. The van der Waals surface area contributed by atoms with Crippen molar-refractivity contribution in [3.63, 3.8) is 0 Å². The van der Waals surface area contributed by atoms with E-state index in [1.165, 1.54) is 61.3 Å². The molecular weight excluding hydrogens is 1190 g/mol. The first-order chi connectivity index (χ1) is 41.8. The van der Waals surface area contributed by atoms with Gasteiger partial charge in [0.25, 0.3) is 0 Å². The highest BCUT2D eigenvalue weighted by atomic mass is 31.2. The number of nitrogens with zero attached hydrogens (tertiary/aromatic N) is 7. The van der Waals surface area contributed by atoms with Crippen LogP contribution < -0.4 is 31.3 Å². The Morgan fingerprint density at radius 2 is 1.28 bits per heavy atom. The number of anilines is 2. The second-order valence-electron chi connectivity index (χ2n) is 22.4. The van der Waals surface area contributed by atoms with E-state index in [1.807, 2.05) is 40.7 Å². The number of benzene rings is 1. The number of hydrogen-bond acceptors (Lipinski definition) is 24. The zero-order valence-corrected chi connectivity index (χ0v) is 52.8. The van der Waals surface area contributed by atoms with E-state index in [0.29, 0.717) is 29.6 Å². The molecule has 3 unspecified atom stereocenters. The lowest BCUT2D eigenvalue weighted by atomic mass is 9.93. The molecule has 7 rings (SSSR count). The first-order valence-electron chi connectivity index (χ1n) is 29.6. The number of fused-ring (bicyclic) bond motifs is 2. The zero-order chi connectivity index (χ0) is 64.3. The van der Waals surface area contributed by atoms with Crippen LogP contribution in [0.2, 0.25) is 0 Å². The first kappa shape index (κ1) is 69.3. The molecule has 29 nitrogen and oxygen atoms in total. The third-order valence-corrected chi connectivity index (χ3v) is 19.8. The van der Waals surface area contributed by atoms with Crippen LogP contribution in [0.1, 0.15) is 124 Å². The van der Waals surface area contributed by atoms with Crippen LogP contribution in [0.5, 0.6) is 5.75 Å². The lowest BCUT2D eigenvalue weighted by Gasteiger charge is -2.28. The molecule has 4 aromatic heterocycles. The number of nitrogen functional groups attached to an aromatic ring is 2. The van der Waals surface area contributed by atoms with Crippen LogP contribution in [-0.2, 0) is 68.3 Å². The molecule has 2 fully saturated rings. The number of aromatic nitrogens is 6. The molecule has 2 aliphatic rings. The van der Waals surface area contributed by atoms with E-state index in [-0.39, 0.29) is 72.9 Å². The zero-order valence-electron chi connectivity index (χ0n) is 51.0. The fourth-order valence-electron chi connectivity index (χ4n) is 10.2. The van der Waals surface area contributed by atoms with Gasteiger partial charge in [-0.15, -0.1) is 0 Å². The SMILES string of the molecule is CCC(CC)COC(=O)[C@H](C)NP(=O)(N[C@@H](C)C(=O)OCC(CC)CCc1nc(N)c2ccc([C@@H]3O[C@](C#N)(COP(=O)(N[C@@H](C)C(=O)OCC(CC)CC)Oc4ccccc4)[C@@H](O)[C@H]3O)n2n1)OC[C@H]1O[C@@](C)(c2ccc3c(N)ncnn23)[C@H](O)[C@@H]1O. The summed E-state index contributed by atoms with van der Waals surface area (Å²) in [6, 6.07) is 12.4. The van der Waals surface area contributed by atoms with Gasteiger partial charge in [-0.2, -0.15) is 20.5 Å². The van der Waals surface area contributed by atoms with Crippen LogP contribution in [0.15, 0.2) is 60.9 Å². The molecule has 0 radical (unpaired) electrons. The van der Waals surface area contributed by atoms with Crippen molar-refractivity contribution < 1.29 is 81.2 Å². The van der Waals surface area contributed by atoms with Crippen LogP contribution in [0.3, 0.4) is 0 Å². The molecule has 31 heteroatoms. The largest absolute Gasteiger partial charge is 0.464 e. The van der Waals surface area contributed by atoms with Gasteiger partial charge in [0.1, 0.15) is 96.1 Å². The van der Waals surface area contributed by atoms with E-state index < -0.39 is 112 Å². The molecule has 14 atom stereocenters. The molecule has 0 bridgehead atoms. The number of ether oxygens (including phenoxy) is 5. The molecule has 2 aliphatic heterocycles. The normalized spacial score (nSPS) is 24.8. The second kappa shape index (κ2) is 30.1. The van der Waals surface area contributed by atoms with E-state index in [2.05, 4.69) is 35.4 Å². The highest BCUT2D eigenvalue weighted by Crippen LogP contribution is 2.49. The van der Waals surface area contributed by atoms with Crippen molar-refractivity contribution in [2.75, 3.05) is 44.5 Å². The van der Waals surface area contributed by atoms with Gasteiger partial charge in [0.05, 0.1) is 37.8 Å². The number of carbonyl (C=O) groups is 3. The van der Waals surface area contributed by atoms with Crippen LogP contribution >= 0.6 is 15.4 Å². The maximum absolute atomic E-state index is 14.8. The number of para-hydroxylation sites is 1. The molecule has 0 spiro atoms. The van der Waals surface area contributed by atoms with Crippen LogP contribution in [0.4, 0.5) is 11.6 Å². The highest BCUT2D eigenvalue weighted by Gasteiger charge is 2.58. The van der Waals surface area contributed by atoms with Crippen molar-refractivity contribution in [2.24, 2.45) is 17.8 Å². The molecule has 6 heterocycles. The number of aryl methyl sites for hydroxylation is 1. The second-order valence-corrected chi connectivity index (χ2v) is 26.0. The summed E-state index contributed by atoms with van der Waals surface area (Å²) in [4.78, 5) is 48.5. The summed E-state index contributed by atoms with van der Waals surface area (Å²) >= 11 is 0. The number of nitriles is 1. The van der Waals surface area contributed by atoms with Crippen molar-refractivity contribution in [3.05, 3.63) is 78.1 Å². The van der Waals surface area contributed by atoms with Crippen molar-refractivity contribution in [1.29, 1.82) is 5.26 Å². The molecule has 0 amide bonds. The van der Waals surface area contributed by atoms with E-state index in [4.69, 9.17) is 48.7 Å². The molecule has 2 saturated heterocycles. The van der Waals surface area contributed by atoms with E-state index in [9.17, 15) is 49.2 Å². The number of aliphatic hydroxyl groups is 4. The minimum absolute atomic E-state index is 0.0413. The summed E-state index contributed by atoms with van der Waals surface area (Å²) < 4.78 is 78.7. The quantitative estimate of drug-likeness (QED) is 0.0155. The number of nitrogens with one attached hydrogen (secondary N) is 3. The predicted octanol–water partition coefficient (Wildman–Crippen LogP) is 4.75. The fourth-order valence-corrected chi connectivity index (χ4v) is 13.5. The van der Waals surface area contributed by atoms with Crippen LogP contribution in [-0.4, -0.2) is 155 Å². The van der Waals surface area contributed by atoms with Gasteiger partial charge in [-0.1, -0.05) is 84.9 Å². The standard InChI is InChI=1S/C57H84N12O17P2/c1-10-36(11-2)26-79-53(74)33(6)65-87(77,82-29-43-46(70)49(72)56(9,84-43)44-24-23-41-51(59)61-32-62-69(41)44)66-34(7)54(75)81-28-38(14-5)20-25-45-63-52(60)42-22-21-40(68(42)64-45)48-47(71)50(73)57(30-58,85-48)31-83-88(78,86-39-18-16-15-17-19-39)67-35(8)55(76)80-27-37(12-3)13-4/h15-19,21-24,32-38,43,46-50,70-73H,10-14,20,25-29,31H2,1-9H3,(H,67,78)(H2,59,61,62)(H2,60,63,64)(H2,65,66,77)/t33-,34-,35-,38?,43+,46+,47-,48-,49+,50-,56-,57+,87?,88?/m0/s1. The number of nitrogens with two attached hydrogens (primary N) is 2. The summed E-state index contributed by atoms with van der Waals surface area (Å²) in [5.74, 6) is -1.87. The van der Waals surface area contributed by atoms with E-state index >= 15 is 0 Å². The Kier molecular flexibility index (Phi) is 23.7. The minimum atomic E-state index is -4.59. The van der Waals surface area contributed by atoms with Gasteiger partial charge >= 0.3 is 33.3 Å². The first-order valence-corrected chi connectivity index (χ1v) is 32.8. The maximum atomic E-state index is 14.8. The number of esters is 3. The van der Waals surface area contributed by atoms with Crippen molar-refractivity contribution in [2.45, 2.75) is 173 Å². The molecule has 1 aromatic carbocycles. The number of hydrogen-bond donors (Lipinski definition) is 9. The Labute approximate surface area is 510 Å².